The van der Waals surface area contributed by atoms with Crippen molar-refractivity contribution in [1.29, 1.82) is 0 Å². The Labute approximate surface area is 216 Å². The fourth-order valence-corrected chi connectivity index (χ4v) is 6.51. The number of carboxylic acids is 1. The van der Waals surface area contributed by atoms with Crippen LogP contribution in [0.5, 0.6) is 0 Å². The number of thioether (sulfide) groups is 2. The molecule has 2 amide bonds. The molecule has 35 heavy (non-hydrogen) atoms. The van der Waals surface area contributed by atoms with Crippen LogP contribution in [-0.4, -0.2) is 72.5 Å². The van der Waals surface area contributed by atoms with Gasteiger partial charge in [0.2, 0.25) is 0 Å². The summed E-state index contributed by atoms with van der Waals surface area (Å²) in [6.07, 6.45) is 5.09. The van der Waals surface area contributed by atoms with E-state index < -0.39 is 29.2 Å². The third-order valence-electron chi connectivity index (χ3n) is 4.74. The Morgan fingerprint density at radius 2 is 2.34 bits per heavy atom. The highest BCUT2D eigenvalue weighted by molar-refractivity contribution is 8.08. The van der Waals surface area contributed by atoms with Crippen molar-refractivity contribution < 1.29 is 24.3 Å². The molecular formula is C19H18ClN7O5S3. The Morgan fingerprint density at radius 1 is 1.54 bits per heavy atom. The number of hydrogen-bond acceptors (Lipinski definition) is 11. The summed E-state index contributed by atoms with van der Waals surface area (Å²) in [5.41, 5.74) is 6.20. The SMILES string of the molecule is CCO/N=C(\C(=O)N[C@@H]1C(=O)N2C(C(=O)O)=C(S/C=C/c3cn[nH]c3)CS[C@H]12)c1nc(N)sc1Cl. The van der Waals surface area contributed by atoms with Crippen LogP contribution in [0.15, 0.2) is 33.6 Å². The van der Waals surface area contributed by atoms with Crippen LogP contribution in [0.2, 0.25) is 4.34 Å². The number of halogens is 1. The highest BCUT2D eigenvalue weighted by Crippen LogP contribution is 2.43. The summed E-state index contributed by atoms with van der Waals surface area (Å²) >= 11 is 9.64. The van der Waals surface area contributed by atoms with E-state index in [-0.39, 0.29) is 33.2 Å². The Hall–Kier alpha value is -3.01. The summed E-state index contributed by atoms with van der Waals surface area (Å²) in [6.45, 7) is 1.87. The number of fused-ring (bicyclic) bond motifs is 1. The van der Waals surface area contributed by atoms with E-state index in [1.165, 1.54) is 28.4 Å². The van der Waals surface area contributed by atoms with Gasteiger partial charge in [0.05, 0.1) is 6.20 Å². The van der Waals surface area contributed by atoms with Gasteiger partial charge in [0.1, 0.15) is 33.7 Å². The largest absolute Gasteiger partial charge is 0.477 e. The molecule has 0 aromatic carbocycles. The first-order valence-corrected chi connectivity index (χ1v) is 13.1. The Balaban J connectivity index is 1.51. The number of nitrogens with one attached hydrogen (secondary N) is 2. The molecule has 2 atom stereocenters. The summed E-state index contributed by atoms with van der Waals surface area (Å²) in [5, 5.41) is 24.0. The number of aromatic amines is 1. The number of nitrogens with two attached hydrogens (primary N) is 1. The van der Waals surface area contributed by atoms with E-state index in [0.29, 0.717) is 10.7 Å². The average molecular weight is 556 g/mol. The minimum absolute atomic E-state index is 0.0364. The molecule has 1 saturated heterocycles. The Bertz CT molecular complexity index is 1240. The van der Waals surface area contributed by atoms with E-state index in [9.17, 15) is 19.5 Å². The predicted octanol–water partition coefficient (Wildman–Crippen LogP) is 1.94. The van der Waals surface area contributed by atoms with Gasteiger partial charge in [-0.25, -0.2) is 9.78 Å². The van der Waals surface area contributed by atoms with Crippen molar-refractivity contribution in [2.45, 2.75) is 18.3 Å². The lowest BCUT2D eigenvalue weighted by molar-refractivity contribution is -0.150. The molecule has 2 aliphatic rings. The van der Waals surface area contributed by atoms with Crippen LogP contribution in [0.4, 0.5) is 5.13 Å². The molecule has 16 heteroatoms. The van der Waals surface area contributed by atoms with Gasteiger partial charge in [-0.05, 0) is 18.4 Å². The zero-order chi connectivity index (χ0) is 25.1. The highest BCUT2D eigenvalue weighted by Gasteiger charge is 2.54. The van der Waals surface area contributed by atoms with Gasteiger partial charge >= 0.3 is 5.97 Å². The molecule has 0 saturated carbocycles. The number of oxime groups is 1. The summed E-state index contributed by atoms with van der Waals surface area (Å²) in [5.74, 6) is -2.18. The molecule has 5 N–H and O–H groups in total. The third-order valence-corrected chi connectivity index (χ3v) is 8.18. The van der Waals surface area contributed by atoms with Crippen molar-refractivity contribution in [3.8, 4) is 0 Å². The molecule has 0 unspecified atom stereocenters. The number of nitrogen functional groups attached to an aromatic ring is 1. The number of nitrogens with zero attached hydrogens (tertiary/aromatic N) is 4. The Morgan fingerprint density at radius 3 is 2.97 bits per heavy atom. The van der Waals surface area contributed by atoms with E-state index in [2.05, 4.69) is 25.7 Å². The zero-order valence-corrected chi connectivity index (χ0v) is 21.1. The normalized spacial score (nSPS) is 20.1. The Kier molecular flexibility index (Phi) is 7.69. The van der Waals surface area contributed by atoms with Crippen molar-refractivity contribution in [1.82, 2.24) is 25.4 Å². The highest BCUT2D eigenvalue weighted by atomic mass is 35.5. The van der Waals surface area contributed by atoms with E-state index in [4.69, 9.17) is 22.2 Å². The number of thiazole rings is 1. The van der Waals surface area contributed by atoms with Crippen LogP contribution in [0.3, 0.4) is 0 Å². The summed E-state index contributed by atoms with van der Waals surface area (Å²) in [6, 6.07) is -0.962. The molecule has 12 nitrogen and oxygen atoms in total. The number of amides is 2. The standard InChI is InChI=1S/C19H18ClN7O5S3/c1-2-32-26-11(10-14(20)35-19(21)25-10)15(28)24-12-16(29)27-13(18(30)31)9(7-34-17(12)27)33-4-3-8-5-22-23-6-8/h3-6,12,17H,2,7H2,1H3,(H2,21,25)(H,22,23)(H,24,28)(H,30,31)/b4-3+,26-11-/t12-,17-/m1/s1. The maximum absolute atomic E-state index is 13.0. The molecule has 0 radical (unpaired) electrons. The number of rotatable bonds is 9. The predicted molar refractivity (Wildman–Crippen MR) is 135 cm³/mol. The fraction of sp³-hybridized carbons (Fsp3) is 0.263. The van der Waals surface area contributed by atoms with Gasteiger partial charge in [0.15, 0.2) is 10.8 Å². The van der Waals surface area contributed by atoms with Crippen molar-refractivity contribution >= 4 is 81.2 Å². The number of H-pyrrole nitrogens is 1. The van der Waals surface area contributed by atoms with E-state index in [1.807, 2.05) is 0 Å². The second-order valence-electron chi connectivity index (χ2n) is 6.92. The van der Waals surface area contributed by atoms with E-state index in [1.54, 1.807) is 30.8 Å². The summed E-state index contributed by atoms with van der Waals surface area (Å²) in [4.78, 5) is 48.6. The average Bonchev–Trinajstić information content (AvgIpc) is 3.46. The monoisotopic (exact) mass is 555 g/mol. The van der Waals surface area contributed by atoms with Crippen molar-refractivity contribution in [2.75, 3.05) is 18.1 Å². The van der Waals surface area contributed by atoms with Crippen molar-refractivity contribution in [2.24, 2.45) is 5.16 Å². The number of hydrogen-bond donors (Lipinski definition) is 4. The third kappa shape index (κ3) is 5.17. The number of carbonyl (C=O) groups is 3. The van der Waals surface area contributed by atoms with Crippen LogP contribution in [0.25, 0.3) is 6.08 Å². The number of β-lactam (4-membered cyclic amide) rings is 1. The lowest BCUT2D eigenvalue weighted by atomic mass is 10.0. The van der Waals surface area contributed by atoms with Gasteiger partial charge in [-0.3, -0.25) is 19.6 Å². The molecule has 0 aliphatic carbocycles. The number of aliphatic carboxylic acids is 1. The van der Waals surface area contributed by atoms with Crippen LogP contribution in [-0.2, 0) is 19.2 Å². The quantitative estimate of drug-likeness (QED) is 0.203. The fourth-order valence-electron chi connectivity index (χ4n) is 3.22. The lowest BCUT2D eigenvalue weighted by Crippen LogP contribution is -2.71. The summed E-state index contributed by atoms with van der Waals surface area (Å²) < 4.78 is 0.144. The molecule has 2 aromatic rings. The number of aromatic nitrogens is 3. The van der Waals surface area contributed by atoms with Gasteiger partial charge in [-0.15, -0.1) is 11.8 Å². The molecule has 1 fully saturated rings. The lowest BCUT2D eigenvalue weighted by Gasteiger charge is -2.49. The van der Waals surface area contributed by atoms with Crippen LogP contribution in [0, 0.1) is 0 Å². The topological polar surface area (TPSA) is 176 Å². The van der Waals surface area contributed by atoms with Gasteiger partial charge in [0.25, 0.3) is 11.8 Å². The molecule has 0 spiro atoms. The zero-order valence-electron chi connectivity index (χ0n) is 17.9. The van der Waals surface area contributed by atoms with Crippen LogP contribution in [0.1, 0.15) is 18.2 Å². The summed E-state index contributed by atoms with van der Waals surface area (Å²) in [7, 11) is 0. The van der Waals surface area contributed by atoms with Gasteiger partial charge in [0, 0.05) is 22.4 Å². The molecule has 184 valence electrons. The van der Waals surface area contributed by atoms with E-state index >= 15 is 0 Å². The molecule has 2 aliphatic heterocycles. The van der Waals surface area contributed by atoms with Gasteiger partial charge in [-0.1, -0.05) is 39.9 Å². The van der Waals surface area contributed by atoms with Crippen LogP contribution >= 0.6 is 46.5 Å². The van der Waals surface area contributed by atoms with Crippen LogP contribution < -0.4 is 11.1 Å². The first kappa shape index (κ1) is 25.1. The molecule has 2 aromatic heterocycles. The smallest absolute Gasteiger partial charge is 0.353 e. The number of carboxylic acid groups (broad SMARTS) is 1. The molecular weight excluding hydrogens is 538 g/mol. The number of carbonyl (C=O) groups excluding carboxylic acids is 2. The minimum Gasteiger partial charge on any atom is -0.477 e. The molecule has 4 rings (SSSR count). The maximum atomic E-state index is 13.0. The minimum atomic E-state index is -1.23. The van der Waals surface area contributed by atoms with Gasteiger partial charge < -0.3 is 21.0 Å². The number of anilines is 1. The molecule has 0 bridgehead atoms. The first-order valence-electron chi connectivity index (χ1n) is 9.97. The van der Waals surface area contributed by atoms with Gasteiger partial charge in [-0.2, -0.15) is 5.10 Å². The second-order valence-corrected chi connectivity index (χ2v) is 10.7. The maximum Gasteiger partial charge on any atom is 0.353 e. The van der Waals surface area contributed by atoms with E-state index in [0.717, 1.165) is 16.9 Å². The van der Waals surface area contributed by atoms with Crippen molar-refractivity contribution in [3.63, 3.8) is 0 Å². The molecule has 4 heterocycles. The van der Waals surface area contributed by atoms with Crippen molar-refractivity contribution in [3.05, 3.63) is 44.0 Å². The second kappa shape index (κ2) is 10.7. The first-order chi connectivity index (χ1) is 16.8.